The number of hydrogen-bond donors (Lipinski definition) is 2. The van der Waals surface area contributed by atoms with Crippen molar-refractivity contribution in [3.63, 3.8) is 0 Å². The first kappa shape index (κ1) is 16.6. The largest absolute Gasteiger partial charge is 0.481 e. The van der Waals surface area contributed by atoms with Crippen molar-refractivity contribution >= 4 is 34.0 Å². The summed E-state index contributed by atoms with van der Waals surface area (Å²) >= 11 is 0. The first-order valence-electron chi connectivity index (χ1n) is 8.07. The summed E-state index contributed by atoms with van der Waals surface area (Å²) in [5.74, 6) is -2.40. The summed E-state index contributed by atoms with van der Waals surface area (Å²) < 4.78 is 2.62. The van der Waals surface area contributed by atoms with Crippen LogP contribution in [0.3, 0.4) is 0 Å². The maximum atomic E-state index is 11.7. The molecule has 2 N–H and O–H groups in total. The van der Waals surface area contributed by atoms with Crippen molar-refractivity contribution in [3.8, 4) is 0 Å². The Bertz CT molecular complexity index is 1070. The molecule has 10 nitrogen and oxygen atoms in total. The number of para-hydroxylation sites is 2. The normalized spacial score (nSPS) is 11.9. The molecule has 0 aliphatic heterocycles. The molecule has 0 unspecified atom stereocenters. The molecule has 0 atom stereocenters. The first-order chi connectivity index (χ1) is 13.0. The monoisotopic (exact) mass is 366 g/mol. The van der Waals surface area contributed by atoms with Crippen molar-refractivity contribution in [3.05, 3.63) is 48.5 Å². The van der Waals surface area contributed by atoms with E-state index in [1.54, 1.807) is 48.5 Å². The summed E-state index contributed by atoms with van der Waals surface area (Å²) in [6, 6.07) is 13.8. The van der Waals surface area contributed by atoms with E-state index in [0.717, 1.165) is 0 Å². The van der Waals surface area contributed by atoms with Gasteiger partial charge in [-0.2, -0.15) is 0 Å². The Morgan fingerprint density at radius 1 is 0.778 bits per heavy atom. The molecule has 0 aliphatic rings. The number of aromatic nitrogens is 6. The fourth-order valence-electron chi connectivity index (χ4n) is 3.29. The van der Waals surface area contributed by atoms with Gasteiger partial charge in [0.25, 0.3) is 0 Å². The second-order valence-electron chi connectivity index (χ2n) is 6.10. The molecule has 0 radical (unpaired) electrons. The predicted molar refractivity (Wildman–Crippen MR) is 92.9 cm³/mol. The predicted octanol–water partition coefficient (Wildman–Crippen LogP) is 1.33. The fraction of sp³-hybridized carbons (Fsp3) is 0.176. The highest BCUT2D eigenvalue weighted by Gasteiger charge is 2.43. The molecule has 0 bridgehead atoms. The Hall–Kier alpha value is -3.82. The van der Waals surface area contributed by atoms with Crippen molar-refractivity contribution in [2.75, 3.05) is 0 Å². The van der Waals surface area contributed by atoms with Crippen LogP contribution in [-0.2, 0) is 15.3 Å². The lowest BCUT2D eigenvalue weighted by atomic mass is 10.0. The van der Waals surface area contributed by atoms with Crippen LogP contribution in [0.25, 0.3) is 22.1 Å². The molecule has 0 saturated heterocycles. The molecular formula is C17H14N6O4. The topological polar surface area (TPSA) is 136 Å². The SMILES string of the molecule is O=C(O)CC(CC(=O)O)(n1nnc2ccccc21)n1nnc2ccccc21. The molecule has 0 fully saturated rings. The third-order valence-corrected chi connectivity index (χ3v) is 4.36. The molecule has 10 heteroatoms. The summed E-state index contributed by atoms with van der Waals surface area (Å²) in [5.41, 5.74) is 0.368. The van der Waals surface area contributed by atoms with E-state index < -0.39 is 30.4 Å². The van der Waals surface area contributed by atoms with Gasteiger partial charge < -0.3 is 10.2 Å². The summed E-state index contributed by atoms with van der Waals surface area (Å²) in [4.78, 5) is 23.5. The summed E-state index contributed by atoms with van der Waals surface area (Å²) in [6.45, 7) is 0. The van der Waals surface area contributed by atoms with E-state index in [0.29, 0.717) is 22.1 Å². The maximum absolute atomic E-state index is 11.7. The van der Waals surface area contributed by atoms with Crippen LogP contribution >= 0.6 is 0 Å². The van der Waals surface area contributed by atoms with Gasteiger partial charge in [-0.25, -0.2) is 9.36 Å². The highest BCUT2D eigenvalue weighted by Crippen LogP contribution is 2.32. The van der Waals surface area contributed by atoms with Crippen LogP contribution in [0.4, 0.5) is 0 Å². The average Bonchev–Trinajstić information content (AvgIpc) is 3.25. The molecule has 2 heterocycles. The zero-order valence-electron chi connectivity index (χ0n) is 13.9. The highest BCUT2D eigenvalue weighted by molar-refractivity contribution is 5.79. The second kappa shape index (κ2) is 6.16. The molecule has 4 rings (SSSR count). The van der Waals surface area contributed by atoms with Crippen LogP contribution in [0.2, 0.25) is 0 Å². The second-order valence-corrected chi connectivity index (χ2v) is 6.10. The Kier molecular flexibility index (Phi) is 3.80. The summed E-state index contributed by atoms with van der Waals surface area (Å²) in [7, 11) is 0. The van der Waals surface area contributed by atoms with Crippen LogP contribution in [0, 0.1) is 0 Å². The van der Waals surface area contributed by atoms with E-state index in [-0.39, 0.29) is 0 Å². The van der Waals surface area contributed by atoms with Crippen LogP contribution in [0.5, 0.6) is 0 Å². The van der Waals surface area contributed by atoms with Gasteiger partial charge in [-0.3, -0.25) is 9.59 Å². The van der Waals surface area contributed by atoms with Gasteiger partial charge in [0.1, 0.15) is 11.0 Å². The Morgan fingerprint density at radius 2 is 1.19 bits per heavy atom. The molecule has 2 aromatic carbocycles. The molecular weight excluding hydrogens is 352 g/mol. The zero-order valence-corrected chi connectivity index (χ0v) is 13.9. The van der Waals surface area contributed by atoms with Gasteiger partial charge in [0, 0.05) is 0 Å². The molecule has 2 aromatic heterocycles. The van der Waals surface area contributed by atoms with Gasteiger partial charge in [0.05, 0.1) is 23.9 Å². The van der Waals surface area contributed by atoms with Gasteiger partial charge in [-0.15, -0.1) is 10.2 Å². The number of hydrogen-bond acceptors (Lipinski definition) is 6. The zero-order chi connectivity index (χ0) is 19.0. The van der Waals surface area contributed by atoms with Crippen molar-refractivity contribution in [1.82, 2.24) is 30.0 Å². The highest BCUT2D eigenvalue weighted by atomic mass is 16.4. The maximum Gasteiger partial charge on any atom is 0.307 e. The number of aliphatic carboxylic acids is 2. The number of carboxylic acid groups (broad SMARTS) is 2. The third kappa shape index (κ3) is 2.67. The van der Waals surface area contributed by atoms with Crippen molar-refractivity contribution in [2.24, 2.45) is 0 Å². The minimum absolute atomic E-state index is 0.500. The fourth-order valence-corrected chi connectivity index (χ4v) is 3.29. The number of carbonyl (C=O) groups is 2. The van der Waals surface area contributed by atoms with E-state index >= 15 is 0 Å². The lowest BCUT2D eigenvalue weighted by Gasteiger charge is -2.32. The average molecular weight is 366 g/mol. The lowest BCUT2D eigenvalue weighted by molar-refractivity contribution is -0.144. The van der Waals surface area contributed by atoms with Crippen LogP contribution in [0.1, 0.15) is 12.8 Å². The van der Waals surface area contributed by atoms with Crippen LogP contribution in [0.15, 0.2) is 48.5 Å². The van der Waals surface area contributed by atoms with E-state index in [1.165, 1.54) is 9.36 Å². The van der Waals surface area contributed by atoms with E-state index in [2.05, 4.69) is 20.6 Å². The van der Waals surface area contributed by atoms with Crippen molar-refractivity contribution in [2.45, 2.75) is 18.5 Å². The van der Waals surface area contributed by atoms with Crippen LogP contribution < -0.4 is 0 Å². The Labute approximate surface area is 151 Å². The van der Waals surface area contributed by atoms with Gasteiger partial charge in [0.15, 0.2) is 5.66 Å². The molecule has 136 valence electrons. The van der Waals surface area contributed by atoms with Gasteiger partial charge in [-0.05, 0) is 24.3 Å². The molecule has 0 amide bonds. The van der Waals surface area contributed by atoms with Crippen molar-refractivity contribution in [1.29, 1.82) is 0 Å². The molecule has 0 spiro atoms. The summed E-state index contributed by atoms with van der Waals surface area (Å²) in [5, 5.41) is 35.5. The first-order valence-corrected chi connectivity index (χ1v) is 8.07. The minimum Gasteiger partial charge on any atom is -0.481 e. The van der Waals surface area contributed by atoms with E-state index in [9.17, 15) is 19.8 Å². The Balaban J connectivity index is 2.07. The number of nitrogens with zero attached hydrogens (tertiary/aromatic N) is 6. The molecule has 4 aromatic rings. The quantitative estimate of drug-likeness (QED) is 0.521. The third-order valence-electron chi connectivity index (χ3n) is 4.36. The smallest absolute Gasteiger partial charge is 0.307 e. The molecule has 0 aliphatic carbocycles. The summed E-state index contributed by atoms with van der Waals surface area (Å²) in [6.07, 6.45) is -1.14. The molecule has 0 saturated carbocycles. The number of fused-ring (bicyclic) bond motifs is 2. The van der Waals surface area contributed by atoms with Gasteiger partial charge >= 0.3 is 11.9 Å². The van der Waals surface area contributed by atoms with Crippen LogP contribution in [-0.4, -0.2) is 52.1 Å². The number of carboxylic acids is 2. The molecule has 27 heavy (non-hydrogen) atoms. The lowest BCUT2D eigenvalue weighted by Crippen LogP contribution is -2.46. The minimum atomic E-state index is -1.66. The van der Waals surface area contributed by atoms with Gasteiger partial charge in [0.2, 0.25) is 0 Å². The Morgan fingerprint density at radius 3 is 1.59 bits per heavy atom. The van der Waals surface area contributed by atoms with Gasteiger partial charge in [-0.1, -0.05) is 34.7 Å². The number of rotatable bonds is 6. The standard InChI is InChI=1S/C17H14N6O4/c24-15(25)9-17(10-16(26)27,22-13-7-3-1-5-11(13)18-20-22)23-14-8-4-2-6-12(14)19-21-23/h1-8H,9-10H2,(H,24,25)(H,26,27). The van der Waals surface area contributed by atoms with E-state index in [1.807, 2.05) is 0 Å². The van der Waals surface area contributed by atoms with Crippen molar-refractivity contribution < 1.29 is 19.8 Å². The van der Waals surface area contributed by atoms with E-state index in [4.69, 9.17) is 0 Å². The number of benzene rings is 2.